The van der Waals surface area contributed by atoms with Gasteiger partial charge in [-0.05, 0) is 36.2 Å². The lowest BCUT2D eigenvalue weighted by Crippen LogP contribution is -2.13. The second-order valence-corrected chi connectivity index (χ2v) is 6.82. The van der Waals surface area contributed by atoms with Gasteiger partial charge < -0.3 is 5.32 Å². The van der Waals surface area contributed by atoms with Gasteiger partial charge in [0.1, 0.15) is 0 Å². The molecule has 0 unspecified atom stereocenters. The lowest BCUT2D eigenvalue weighted by Gasteiger charge is -2.00. The summed E-state index contributed by atoms with van der Waals surface area (Å²) >= 11 is 1.49. The number of nitrogens with one attached hydrogen (secondary N) is 1. The van der Waals surface area contributed by atoms with Crippen LogP contribution in [0.15, 0.2) is 60.9 Å². The van der Waals surface area contributed by atoms with Crippen LogP contribution in [0.1, 0.15) is 11.1 Å². The molecule has 25 heavy (non-hydrogen) atoms. The predicted molar refractivity (Wildman–Crippen MR) is 100 cm³/mol. The van der Waals surface area contributed by atoms with Crippen molar-refractivity contribution in [2.75, 3.05) is 5.32 Å². The number of carbonyl (C=O) groups is 1. The first-order valence-electron chi connectivity index (χ1n) is 7.94. The van der Waals surface area contributed by atoms with Crippen LogP contribution in [0, 0.1) is 6.92 Å². The van der Waals surface area contributed by atoms with Crippen molar-refractivity contribution in [2.24, 2.45) is 0 Å². The zero-order chi connectivity index (χ0) is 17.2. The molecule has 6 heteroatoms. The van der Waals surface area contributed by atoms with Crippen molar-refractivity contribution < 1.29 is 4.79 Å². The Labute approximate surface area is 149 Å². The molecule has 2 aromatic heterocycles. The van der Waals surface area contributed by atoms with E-state index in [4.69, 9.17) is 0 Å². The van der Waals surface area contributed by atoms with E-state index in [-0.39, 0.29) is 12.3 Å². The molecule has 1 N–H and O–H groups in total. The van der Waals surface area contributed by atoms with Crippen molar-refractivity contribution in [1.29, 1.82) is 0 Å². The maximum atomic E-state index is 12.3. The average molecular weight is 348 g/mol. The SMILES string of the molecule is Cc1cccc2sc(NC(=O)Cc3cnn(-c4ccccc4)c3)nc12. The molecule has 1 amide bonds. The third kappa shape index (κ3) is 3.29. The number of aryl methyl sites for hydroxylation is 1. The molecule has 2 heterocycles. The van der Waals surface area contributed by atoms with E-state index in [0.717, 1.165) is 27.0 Å². The highest BCUT2D eigenvalue weighted by atomic mass is 32.1. The van der Waals surface area contributed by atoms with Gasteiger partial charge in [0.25, 0.3) is 0 Å². The van der Waals surface area contributed by atoms with Crippen LogP contribution < -0.4 is 5.32 Å². The topological polar surface area (TPSA) is 59.8 Å². The molecule has 0 aliphatic heterocycles. The Hall–Kier alpha value is -2.99. The van der Waals surface area contributed by atoms with Gasteiger partial charge in [-0.1, -0.05) is 41.7 Å². The first kappa shape index (κ1) is 15.5. The summed E-state index contributed by atoms with van der Waals surface area (Å²) in [6, 6.07) is 15.9. The summed E-state index contributed by atoms with van der Waals surface area (Å²) in [7, 11) is 0. The van der Waals surface area contributed by atoms with E-state index in [9.17, 15) is 4.79 Å². The fourth-order valence-electron chi connectivity index (χ4n) is 2.66. The van der Waals surface area contributed by atoms with Crippen molar-refractivity contribution >= 4 is 32.6 Å². The Morgan fingerprint density at radius 3 is 2.80 bits per heavy atom. The molecule has 0 fully saturated rings. The van der Waals surface area contributed by atoms with E-state index in [0.29, 0.717) is 5.13 Å². The number of benzene rings is 2. The number of hydrogen-bond acceptors (Lipinski definition) is 4. The first-order chi connectivity index (χ1) is 12.2. The van der Waals surface area contributed by atoms with E-state index in [1.54, 1.807) is 10.9 Å². The van der Waals surface area contributed by atoms with Crippen LogP contribution in [-0.2, 0) is 11.2 Å². The summed E-state index contributed by atoms with van der Waals surface area (Å²) in [5.74, 6) is -0.0932. The molecule has 0 aliphatic rings. The standard InChI is InChI=1S/C19H16N4OS/c1-13-6-5-9-16-18(13)22-19(25-16)21-17(24)10-14-11-20-23(12-14)15-7-3-2-4-8-15/h2-9,11-12H,10H2,1H3,(H,21,22,24). The Morgan fingerprint density at radius 2 is 2.00 bits per heavy atom. The highest BCUT2D eigenvalue weighted by Gasteiger charge is 2.11. The lowest BCUT2D eigenvalue weighted by molar-refractivity contribution is -0.115. The molecule has 2 aromatic carbocycles. The number of rotatable bonds is 4. The second-order valence-electron chi connectivity index (χ2n) is 5.79. The highest BCUT2D eigenvalue weighted by Crippen LogP contribution is 2.27. The fourth-order valence-corrected chi connectivity index (χ4v) is 3.62. The Bertz CT molecular complexity index is 1040. The average Bonchev–Trinajstić information content (AvgIpc) is 3.23. The quantitative estimate of drug-likeness (QED) is 0.607. The normalized spacial score (nSPS) is 10.9. The minimum atomic E-state index is -0.0932. The van der Waals surface area contributed by atoms with Gasteiger partial charge in [-0.2, -0.15) is 5.10 Å². The molecule has 0 spiro atoms. The molecule has 5 nitrogen and oxygen atoms in total. The number of amides is 1. The molecular weight excluding hydrogens is 332 g/mol. The highest BCUT2D eigenvalue weighted by molar-refractivity contribution is 7.22. The van der Waals surface area contributed by atoms with Gasteiger partial charge in [0.15, 0.2) is 5.13 Å². The summed E-state index contributed by atoms with van der Waals surface area (Å²) in [6.07, 6.45) is 3.86. The third-order valence-electron chi connectivity index (χ3n) is 3.89. The number of para-hydroxylation sites is 2. The molecule has 4 aromatic rings. The first-order valence-corrected chi connectivity index (χ1v) is 8.76. The van der Waals surface area contributed by atoms with Crippen LogP contribution in [-0.4, -0.2) is 20.7 Å². The maximum absolute atomic E-state index is 12.3. The van der Waals surface area contributed by atoms with Crippen LogP contribution in [0.5, 0.6) is 0 Å². The zero-order valence-electron chi connectivity index (χ0n) is 13.6. The van der Waals surface area contributed by atoms with E-state index in [1.165, 1.54) is 11.3 Å². The van der Waals surface area contributed by atoms with Crippen LogP contribution in [0.2, 0.25) is 0 Å². The molecular formula is C19H16N4OS. The summed E-state index contributed by atoms with van der Waals surface area (Å²) in [5.41, 5.74) is 3.88. The summed E-state index contributed by atoms with van der Waals surface area (Å²) in [4.78, 5) is 16.8. The van der Waals surface area contributed by atoms with Gasteiger partial charge in [-0.3, -0.25) is 4.79 Å². The number of thiazole rings is 1. The smallest absolute Gasteiger partial charge is 0.230 e. The van der Waals surface area contributed by atoms with Crippen molar-refractivity contribution in [1.82, 2.24) is 14.8 Å². The number of hydrogen-bond donors (Lipinski definition) is 1. The number of fused-ring (bicyclic) bond motifs is 1. The van der Waals surface area contributed by atoms with Gasteiger partial charge in [0.2, 0.25) is 5.91 Å². The molecule has 0 radical (unpaired) electrons. The number of anilines is 1. The molecule has 4 rings (SSSR count). The van der Waals surface area contributed by atoms with Gasteiger partial charge >= 0.3 is 0 Å². The Kier molecular flexibility index (Phi) is 4.03. The number of nitrogens with zero attached hydrogens (tertiary/aromatic N) is 3. The minimum absolute atomic E-state index is 0.0932. The fraction of sp³-hybridized carbons (Fsp3) is 0.105. The molecule has 0 saturated heterocycles. The molecule has 0 saturated carbocycles. The van der Waals surface area contributed by atoms with Gasteiger partial charge in [-0.15, -0.1) is 0 Å². The van der Waals surface area contributed by atoms with E-state index < -0.39 is 0 Å². The minimum Gasteiger partial charge on any atom is -0.302 e. The number of aromatic nitrogens is 3. The predicted octanol–water partition coefficient (Wildman–Crippen LogP) is 3.97. The van der Waals surface area contributed by atoms with Crippen molar-refractivity contribution in [3.63, 3.8) is 0 Å². The summed E-state index contributed by atoms with van der Waals surface area (Å²) < 4.78 is 2.84. The summed E-state index contributed by atoms with van der Waals surface area (Å²) in [6.45, 7) is 2.02. The molecule has 124 valence electrons. The molecule has 0 bridgehead atoms. The van der Waals surface area contributed by atoms with Gasteiger partial charge in [-0.25, -0.2) is 9.67 Å². The largest absolute Gasteiger partial charge is 0.302 e. The second kappa shape index (κ2) is 6.49. The van der Waals surface area contributed by atoms with Crippen LogP contribution in [0.4, 0.5) is 5.13 Å². The zero-order valence-corrected chi connectivity index (χ0v) is 14.5. The van der Waals surface area contributed by atoms with Gasteiger partial charge in [0.05, 0.1) is 28.5 Å². The lowest BCUT2D eigenvalue weighted by atomic mass is 10.2. The van der Waals surface area contributed by atoms with Crippen LogP contribution in [0.25, 0.3) is 15.9 Å². The Morgan fingerprint density at radius 1 is 1.16 bits per heavy atom. The maximum Gasteiger partial charge on any atom is 0.230 e. The van der Waals surface area contributed by atoms with Crippen LogP contribution in [0.3, 0.4) is 0 Å². The van der Waals surface area contributed by atoms with Gasteiger partial charge in [0, 0.05) is 6.20 Å². The molecule has 0 aliphatic carbocycles. The summed E-state index contributed by atoms with van der Waals surface area (Å²) in [5, 5.41) is 7.83. The van der Waals surface area contributed by atoms with E-state index >= 15 is 0 Å². The molecule has 0 atom stereocenters. The van der Waals surface area contributed by atoms with Crippen molar-refractivity contribution in [3.05, 3.63) is 72.1 Å². The Balaban J connectivity index is 1.47. The van der Waals surface area contributed by atoms with E-state index in [1.807, 2.05) is 61.7 Å². The van der Waals surface area contributed by atoms with E-state index in [2.05, 4.69) is 15.4 Å². The van der Waals surface area contributed by atoms with Crippen LogP contribution >= 0.6 is 11.3 Å². The van der Waals surface area contributed by atoms with Crippen molar-refractivity contribution in [2.45, 2.75) is 13.3 Å². The monoisotopic (exact) mass is 348 g/mol. The third-order valence-corrected chi connectivity index (χ3v) is 4.82. The van der Waals surface area contributed by atoms with Crippen molar-refractivity contribution in [3.8, 4) is 5.69 Å². The number of carbonyl (C=O) groups excluding carboxylic acids is 1.